The van der Waals surface area contributed by atoms with Crippen molar-refractivity contribution >= 4 is 44.6 Å². The van der Waals surface area contributed by atoms with Crippen molar-refractivity contribution in [2.45, 2.75) is 17.1 Å². The molecule has 0 amide bonds. The third-order valence-electron chi connectivity index (χ3n) is 3.47. The van der Waals surface area contributed by atoms with Gasteiger partial charge in [0.1, 0.15) is 8.55 Å². The molecular formula is C12H18Cl2N2O3S2. The molecule has 5 nitrogen and oxygen atoms in total. The number of nitrogens with zero attached hydrogens (tertiary/aromatic N) is 1. The van der Waals surface area contributed by atoms with E-state index < -0.39 is 10.0 Å². The predicted octanol–water partition coefficient (Wildman–Crippen LogP) is 2.04. The molecule has 0 unspecified atom stereocenters. The van der Waals surface area contributed by atoms with Crippen LogP contribution in [-0.2, 0) is 10.0 Å². The molecule has 0 radical (unpaired) electrons. The van der Waals surface area contributed by atoms with Crippen LogP contribution >= 0.6 is 34.5 Å². The van der Waals surface area contributed by atoms with E-state index in [0.29, 0.717) is 19.0 Å². The zero-order valence-electron chi connectivity index (χ0n) is 11.4. The van der Waals surface area contributed by atoms with Gasteiger partial charge in [0.15, 0.2) is 0 Å². The molecule has 9 heteroatoms. The highest BCUT2D eigenvalue weighted by Gasteiger charge is 2.21. The van der Waals surface area contributed by atoms with Crippen molar-refractivity contribution < 1.29 is 13.5 Å². The normalized spacial score (nSPS) is 20.8. The SMILES string of the molecule is O=S(=O)(NCCN1CCC[C@@H](CO)C1)c1cc(Cl)c(Cl)s1. The number of halogens is 2. The lowest BCUT2D eigenvalue weighted by Gasteiger charge is -2.31. The van der Waals surface area contributed by atoms with Gasteiger partial charge in [-0.1, -0.05) is 23.2 Å². The molecular weight excluding hydrogens is 355 g/mol. The Hall–Kier alpha value is 0.110. The highest BCUT2D eigenvalue weighted by Crippen LogP contribution is 2.34. The Bertz CT molecular complexity index is 558. The summed E-state index contributed by atoms with van der Waals surface area (Å²) in [5.41, 5.74) is 0. The fraction of sp³-hybridized carbons (Fsp3) is 0.667. The van der Waals surface area contributed by atoms with E-state index in [1.807, 2.05) is 0 Å². The Labute approximate surface area is 138 Å². The Balaban J connectivity index is 1.85. The van der Waals surface area contributed by atoms with Crippen LogP contribution in [0.3, 0.4) is 0 Å². The number of aliphatic hydroxyl groups is 1. The summed E-state index contributed by atoms with van der Waals surface area (Å²) in [5, 5.41) is 9.43. The maximum Gasteiger partial charge on any atom is 0.250 e. The summed E-state index contributed by atoms with van der Waals surface area (Å²) in [4.78, 5) is 2.17. The lowest BCUT2D eigenvalue weighted by molar-refractivity contribution is 0.122. The van der Waals surface area contributed by atoms with E-state index in [1.54, 1.807) is 0 Å². The van der Waals surface area contributed by atoms with Gasteiger partial charge < -0.3 is 10.0 Å². The van der Waals surface area contributed by atoms with Crippen LogP contribution in [0.25, 0.3) is 0 Å². The quantitative estimate of drug-likeness (QED) is 0.801. The van der Waals surface area contributed by atoms with E-state index in [4.69, 9.17) is 23.2 Å². The molecule has 1 saturated heterocycles. The van der Waals surface area contributed by atoms with Crippen LogP contribution in [0.2, 0.25) is 9.36 Å². The van der Waals surface area contributed by atoms with Crippen molar-refractivity contribution in [1.29, 1.82) is 0 Å². The molecule has 1 atom stereocenters. The number of nitrogens with one attached hydrogen (secondary N) is 1. The highest BCUT2D eigenvalue weighted by molar-refractivity contribution is 7.91. The first-order valence-electron chi connectivity index (χ1n) is 6.70. The van der Waals surface area contributed by atoms with E-state index in [9.17, 15) is 13.5 Å². The number of sulfonamides is 1. The van der Waals surface area contributed by atoms with E-state index in [1.165, 1.54) is 6.07 Å². The van der Waals surface area contributed by atoms with Crippen LogP contribution < -0.4 is 4.72 Å². The number of piperidine rings is 1. The molecule has 1 aliphatic heterocycles. The van der Waals surface area contributed by atoms with Crippen molar-refractivity contribution in [2.75, 3.05) is 32.8 Å². The molecule has 0 bridgehead atoms. The molecule has 2 rings (SSSR count). The summed E-state index contributed by atoms with van der Waals surface area (Å²) in [6.07, 6.45) is 2.07. The second-order valence-corrected chi connectivity index (χ2v) is 9.13. The van der Waals surface area contributed by atoms with Crippen molar-refractivity contribution in [3.05, 3.63) is 15.4 Å². The minimum Gasteiger partial charge on any atom is -0.396 e. The van der Waals surface area contributed by atoms with Gasteiger partial charge in [-0.15, -0.1) is 11.3 Å². The lowest BCUT2D eigenvalue weighted by Crippen LogP contribution is -2.41. The predicted molar refractivity (Wildman–Crippen MR) is 85.8 cm³/mol. The topological polar surface area (TPSA) is 69.6 Å². The number of likely N-dealkylation sites (tertiary alicyclic amines) is 1. The van der Waals surface area contributed by atoms with Gasteiger partial charge in [-0.2, -0.15) is 0 Å². The Kier molecular flexibility index (Phi) is 6.31. The van der Waals surface area contributed by atoms with E-state index in [0.717, 1.165) is 37.3 Å². The highest BCUT2D eigenvalue weighted by atomic mass is 35.5. The van der Waals surface area contributed by atoms with Crippen molar-refractivity contribution in [3.8, 4) is 0 Å². The minimum atomic E-state index is -3.56. The summed E-state index contributed by atoms with van der Waals surface area (Å²) >= 11 is 12.5. The number of thiophene rings is 1. The van der Waals surface area contributed by atoms with Gasteiger partial charge in [0.05, 0.1) is 5.02 Å². The second kappa shape index (κ2) is 7.59. The molecule has 120 valence electrons. The van der Waals surface area contributed by atoms with Crippen LogP contribution in [0.15, 0.2) is 10.3 Å². The molecule has 1 aliphatic rings. The Morgan fingerprint density at radius 2 is 2.24 bits per heavy atom. The summed E-state index contributed by atoms with van der Waals surface area (Å²) < 4.78 is 27.1. The Morgan fingerprint density at radius 1 is 1.48 bits per heavy atom. The largest absolute Gasteiger partial charge is 0.396 e. The van der Waals surface area contributed by atoms with Gasteiger partial charge in [0.2, 0.25) is 10.0 Å². The molecule has 1 aromatic heterocycles. The summed E-state index contributed by atoms with van der Waals surface area (Å²) in [7, 11) is -3.56. The van der Waals surface area contributed by atoms with Gasteiger partial charge >= 0.3 is 0 Å². The summed E-state index contributed by atoms with van der Waals surface area (Å²) in [6, 6.07) is 1.36. The summed E-state index contributed by atoms with van der Waals surface area (Å²) in [6.45, 7) is 2.90. The second-order valence-electron chi connectivity index (χ2n) is 5.08. The third-order valence-corrected chi connectivity index (χ3v) is 7.27. The average Bonchev–Trinajstić information content (AvgIpc) is 2.80. The van der Waals surface area contributed by atoms with Gasteiger partial charge in [0, 0.05) is 26.2 Å². The molecule has 0 aliphatic carbocycles. The van der Waals surface area contributed by atoms with Gasteiger partial charge in [-0.05, 0) is 31.4 Å². The van der Waals surface area contributed by atoms with Gasteiger partial charge in [-0.3, -0.25) is 0 Å². The molecule has 0 spiro atoms. The number of rotatable bonds is 6. The number of aliphatic hydroxyl groups excluding tert-OH is 1. The smallest absolute Gasteiger partial charge is 0.250 e. The molecule has 2 heterocycles. The molecule has 21 heavy (non-hydrogen) atoms. The van der Waals surface area contributed by atoms with Crippen LogP contribution in [0.1, 0.15) is 12.8 Å². The fourth-order valence-corrected chi connectivity index (χ4v) is 5.32. The zero-order chi connectivity index (χ0) is 15.5. The first kappa shape index (κ1) is 17.5. The standard InChI is InChI=1S/C12H18Cl2N2O3S2/c13-10-6-11(20-12(10)14)21(18,19)15-3-5-16-4-1-2-9(7-16)8-17/h6,9,15,17H,1-5,7-8H2/t9-/m1/s1. The fourth-order valence-electron chi connectivity index (χ4n) is 2.37. The van der Waals surface area contributed by atoms with E-state index in [2.05, 4.69) is 9.62 Å². The van der Waals surface area contributed by atoms with Crippen molar-refractivity contribution in [2.24, 2.45) is 5.92 Å². The molecule has 1 fully saturated rings. The Morgan fingerprint density at radius 3 is 2.86 bits per heavy atom. The third kappa shape index (κ3) is 4.79. The maximum absolute atomic E-state index is 12.1. The number of hydrogen-bond acceptors (Lipinski definition) is 5. The monoisotopic (exact) mass is 372 g/mol. The van der Waals surface area contributed by atoms with Crippen LogP contribution in [0.5, 0.6) is 0 Å². The first-order chi connectivity index (χ1) is 9.92. The van der Waals surface area contributed by atoms with E-state index >= 15 is 0 Å². The van der Waals surface area contributed by atoms with Gasteiger partial charge in [-0.25, -0.2) is 13.1 Å². The minimum absolute atomic E-state index is 0.129. The first-order valence-corrected chi connectivity index (χ1v) is 9.75. The molecule has 0 aromatic carbocycles. The van der Waals surface area contributed by atoms with E-state index in [-0.39, 0.29) is 20.2 Å². The summed E-state index contributed by atoms with van der Waals surface area (Å²) in [5.74, 6) is 0.297. The maximum atomic E-state index is 12.1. The van der Waals surface area contributed by atoms with Crippen LogP contribution in [0, 0.1) is 5.92 Å². The molecule has 1 aromatic rings. The number of hydrogen-bond donors (Lipinski definition) is 2. The average molecular weight is 373 g/mol. The van der Waals surface area contributed by atoms with Crippen LogP contribution in [-0.4, -0.2) is 51.2 Å². The van der Waals surface area contributed by atoms with Crippen molar-refractivity contribution in [3.63, 3.8) is 0 Å². The van der Waals surface area contributed by atoms with Crippen LogP contribution in [0.4, 0.5) is 0 Å². The molecule has 0 saturated carbocycles. The molecule has 2 N–H and O–H groups in total. The lowest BCUT2D eigenvalue weighted by atomic mass is 9.99. The van der Waals surface area contributed by atoms with Gasteiger partial charge in [0.25, 0.3) is 0 Å². The van der Waals surface area contributed by atoms with Crippen molar-refractivity contribution in [1.82, 2.24) is 9.62 Å². The zero-order valence-corrected chi connectivity index (χ0v) is 14.5.